The highest BCUT2D eigenvalue weighted by atomic mass is 32.1. The molecule has 7 heteroatoms. The number of hydrogen-bond acceptors (Lipinski definition) is 5. The summed E-state index contributed by atoms with van der Waals surface area (Å²) in [5.41, 5.74) is 4.43. The van der Waals surface area contributed by atoms with Gasteiger partial charge in [-0.05, 0) is 25.8 Å². The van der Waals surface area contributed by atoms with Gasteiger partial charge in [-0.15, -0.1) is 11.3 Å². The van der Waals surface area contributed by atoms with Crippen LogP contribution < -0.4 is 4.90 Å². The highest BCUT2D eigenvalue weighted by Crippen LogP contribution is 2.28. The van der Waals surface area contributed by atoms with Gasteiger partial charge in [0.25, 0.3) is 5.78 Å². The molecule has 0 atom stereocenters. The number of nitrogens with zero attached hydrogens (tertiary/aromatic N) is 4. The Morgan fingerprint density at radius 3 is 2.28 bits per heavy atom. The Balaban J connectivity index is 1.66. The van der Waals surface area contributed by atoms with Crippen LogP contribution in [0.3, 0.4) is 0 Å². The van der Waals surface area contributed by atoms with Crippen LogP contribution in [-0.2, 0) is 18.3 Å². The monoisotopic (exact) mass is 444 g/mol. The third-order valence-electron chi connectivity index (χ3n) is 5.43. The second-order valence-electron chi connectivity index (χ2n) is 7.57. The van der Waals surface area contributed by atoms with Crippen molar-refractivity contribution in [3.8, 4) is 11.3 Å². The maximum Gasteiger partial charge on any atom is 0.301 e. The summed E-state index contributed by atoms with van der Waals surface area (Å²) < 4.78 is 1.63. The third-order valence-corrected chi connectivity index (χ3v) is 6.30. The molecule has 0 spiro atoms. The van der Waals surface area contributed by atoms with Crippen LogP contribution in [0.1, 0.15) is 27.3 Å². The quantitative estimate of drug-likeness (QED) is 0.308. The first-order valence-corrected chi connectivity index (χ1v) is 11.2. The fourth-order valence-electron chi connectivity index (χ4n) is 3.63. The number of hydrogen-bond donors (Lipinski definition) is 0. The smallest absolute Gasteiger partial charge is 0.283 e. The molecule has 0 aliphatic carbocycles. The van der Waals surface area contributed by atoms with Gasteiger partial charge in [0, 0.05) is 30.2 Å². The molecule has 0 bridgehead atoms. The fourth-order valence-corrected chi connectivity index (χ4v) is 4.49. The number of benzene rings is 2. The van der Waals surface area contributed by atoms with E-state index in [9.17, 15) is 9.59 Å². The summed E-state index contributed by atoms with van der Waals surface area (Å²) in [7, 11) is 1.77. The first-order chi connectivity index (χ1) is 15.5. The molecule has 4 aromatic rings. The van der Waals surface area contributed by atoms with Crippen molar-refractivity contribution in [3.63, 3.8) is 0 Å². The Kier molecular flexibility index (Phi) is 6.28. The van der Waals surface area contributed by atoms with Gasteiger partial charge in [0.05, 0.1) is 17.0 Å². The number of rotatable bonds is 7. The second-order valence-corrected chi connectivity index (χ2v) is 8.41. The van der Waals surface area contributed by atoms with Crippen molar-refractivity contribution in [1.82, 2.24) is 14.8 Å². The number of aryl methyl sites for hydroxylation is 2. The summed E-state index contributed by atoms with van der Waals surface area (Å²) in [5, 5.41) is 6.72. The van der Waals surface area contributed by atoms with Gasteiger partial charge >= 0.3 is 5.91 Å². The van der Waals surface area contributed by atoms with E-state index in [1.807, 2.05) is 66.0 Å². The van der Waals surface area contributed by atoms with E-state index < -0.39 is 11.7 Å². The molecule has 0 radical (unpaired) electrons. The number of carbonyl (C=O) groups excluding carboxylic acids is 2. The second kappa shape index (κ2) is 9.28. The van der Waals surface area contributed by atoms with E-state index >= 15 is 0 Å². The van der Waals surface area contributed by atoms with Crippen molar-refractivity contribution in [1.29, 1.82) is 0 Å². The standard InChI is InChI=1S/C25H24N4O2S/c1-17-22(18(2)28(3)27-17)23(30)24(31)29(15-14-19-10-6-4-7-11-19)25-26-21(16-32-25)20-12-8-5-9-13-20/h4-13,16H,14-15H2,1-3H3. The minimum atomic E-state index is -0.589. The Morgan fingerprint density at radius 1 is 1.00 bits per heavy atom. The van der Waals surface area contributed by atoms with Crippen molar-refractivity contribution < 1.29 is 9.59 Å². The van der Waals surface area contributed by atoms with Crippen LogP contribution in [0.4, 0.5) is 5.13 Å². The molecule has 6 nitrogen and oxygen atoms in total. The maximum atomic E-state index is 13.4. The Labute approximate surface area is 191 Å². The molecule has 2 aromatic heterocycles. The van der Waals surface area contributed by atoms with Crippen LogP contribution >= 0.6 is 11.3 Å². The van der Waals surface area contributed by atoms with Crippen LogP contribution in [-0.4, -0.2) is 33.0 Å². The van der Waals surface area contributed by atoms with Gasteiger partial charge in [-0.1, -0.05) is 60.7 Å². The van der Waals surface area contributed by atoms with E-state index in [0.29, 0.717) is 35.0 Å². The molecule has 2 heterocycles. The van der Waals surface area contributed by atoms with Crippen molar-refractivity contribution in [2.45, 2.75) is 20.3 Å². The molecular formula is C25H24N4O2S. The molecule has 2 aromatic carbocycles. The Hall–Kier alpha value is -3.58. The van der Waals surface area contributed by atoms with Crippen molar-refractivity contribution >= 4 is 28.2 Å². The normalized spacial score (nSPS) is 10.8. The van der Waals surface area contributed by atoms with Gasteiger partial charge < -0.3 is 0 Å². The largest absolute Gasteiger partial charge is 0.301 e. The molecule has 32 heavy (non-hydrogen) atoms. The van der Waals surface area contributed by atoms with E-state index in [2.05, 4.69) is 5.10 Å². The molecule has 0 N–H and O–H groups in total. The third kappa shape index (κ3) is 4.38. The predicted octanol–water partition coefficient (Wildman–Crippen LogP) is 4.62. The van der Waals surface area contributed by atoms with E-state index in [4.69, 9.17) is 4.98 Å². The van der Waals surface area contributed by atoms with Gasteiger partial charge in [-0.25, -0.2) is 4.98 Å². The zero-order valence-corrected chi connectivity index (χ0v) is 19.1. The minimum Gasteiger partial charge on any atom is -0.283 e. The maximum absolute atomic E-state index is 13.4. The fraction of sp³-hybridized carbons (Fsp3) is 0.200. The lowest BCUT2D eigenvalue weighted by atomic mass is 10.1. The number of Topliss-reactive ketones (excluding diaryl/α,β-unsaturated/α-hetero) is 1. The highest BCUT2D eigenvalue weighted by Gasteiger charge is 2.30. The molecular weight excluding hydrogens is 420 g/mol. The topological polar surface area (TPSA) is 68.1 Å². The molecule has 162 valence electrons. The molecule has 0 unspecified atom stereocenters. The van der Waals surface area contributed by atoms with Gasteiger partial charge in [-0.2, -0.15) is 5.10 Å². The summed E-state index contributed by atoms with van der Waals surface area (Å²) in [4.78, 5) is 32.9. The van der Waals surface area contributed by atoms with E-state index in [0.717, 1.165) is 16.8 Å². The highest BCUT2D eigenvalue weighted by molar-refractivity contribution is 7.14. The van der Waals surface area contributed by atoms with Gasteiger partial charge in [0.15, 0.2) is 5.13 Å². The molecule has 0 aliphatic heterocycles. The zero-order valence-electron chi connectivity index (χ0n) is 18.3. The van der Waals surface area contributed by atoms with E-state index in [1.165, 1.54) is 16.2 Å². The van der Waals surface area contributed by atoms with E-state index in [-0.39, 0.29) is 0 Å². The SMILES string of the molecule is Cc1nn(C)c(C)c1C(=O)C(=O)N(CCc1ccccc1)c1nc(-c2ccccc2)cs1. The number of anilines is 1. The predicted molar refractivity (Wildman–Crippen MR) is 127 cm³/mol. The van der Waals surface area contributed by atoms with Gasteiger partial charge in [0.2, 0.25) is 0 Å². The Bertz CT molecular complexity index is 1250. The number of thiazole rings is 1. The molecule has 0 aliphatic rings. The lowest BCUT2D eigenvalue weighted by molar-refractivity contribution is -0.114. The van der Waals surface area contributed by atoms with Crippen LogP contribution in [0.15, 0.2) is 66.0 Å². The van der Waals surface area contributed by atoms with Crippen molar-refractivity contribution in [2.75, 3.05) is 11.4 Å². The molecule has 0 fully saturated rings. The van der Waals surface area contributed by atoms with Crippen LogP contribution in [0.25, 0.3) is 11.3 Å². The molecule has 1 amide bonds. The van der Waals surface area contributed by atoms with Crippen LogP contribution in [0, 0.1) is 13.8 Å². The average molecular weight is 445 g/mol. The van der Waals surface area contributed by atoms with Crippen LogP contribution in [0.2, 0.25) is 0 Å². The first kappa shape index (κ1) is 21.6. The van der Waals surface area contributed by atoms with E-state index in [1.54, 1.807) is 25.6 Å². The molecule has 0 saturated carbocycles. The minimum absolute atomic E-state index is 0.356. The van der Waals surface area contributed by atoms with Crippen molar-refractivity contribution in [3.05, 3.63) is 88.6 Å². The molecule has 4 rings (SSSR count). The summed E-state index contributed by atoms with van der Waals surface area (Å²) in [6.45, 7) is 3.90. The summed E-state index contributed by atoms with van der Waals surface area (Å²) >= 11 is 1.36. The zero-order chi connectivity index (χ0) is 22.7. The number of carbonyl (C=O) groups is 2. The molecule has 0 saturated heterocycles. The van der Waals surface area contributed by atoms with Gasteiger partial charge in [-0.3, -0.25) is 19.2 Å². The first-order valence-electron chi connectivity index (χ1n) is 10.4. The lowest BCUT2D eigenvalue weighted by Crippen LogP contribution is -2.38. The Morgan fingerprint density at radius 2 is 1.66 bits per heavy atom. The average Bonchev–Trinajstić information content (AvgIpc) is 3.39. The van der Waals surface area contributed by atoms with Crippen LogP contribution in [0.5, 0.6) is 0 Å². The van der Waals surface area contributed by atoms with Gasteiger partial charge in [0.1, 0.15) is 0 Å². The number of ketones is 1. The number of amides is 1. The van der Waals surface area contributed by atoms with Crippen molar-refractivity contribution in [2.24, 2.45) is 7.05 Å². The lowest BCUT2D eigenvalue weighted by Gasteiger charge is -2.19. The summed E-state index contributed by atoms with van der Waals surface area (Å²) in [5.74, 6) is -1.15. The summed E-state index contributed by atoms with van der Waals surface area (Å²) in [6, 6.07) is 19.7. The number of aromatic nitrogens is 3. The summed E-state index contributed by atoms with van der Waals surface area (Å²) in [6.07, 6.45) is 0.616.